The van der Waals surface area contributed by atoms with Crippen LogP contribution in [0.5, 0.6) is 0 Å². The second kappa shape index (κ2) is 3.46. The number of benzene rings is 1. The Balaban J connectivity index is 2.52. The molecule has 2 heteroatoms. The highest BCUT2D eigenvalue weighted by Gasteiger charge is 1.97. The minimum absolute atomic E-state index is 1.17. The maximum Gasteiger partial charge on any atom is 0.0670 e. The summed E-state index contributed by atoms with van der Waals surface area (Å²) in [6.45, 7) is 0. The molecule has 66 valence electrons. The van der Waals surface area contributed by atoms with Gasteiger partial charge in [0, 0.05) is 22.7 Å². The number of quaternary nitrogens is 1. The van der Waals surface area contributed by atoms with Crippen molar-refractivity contribution in [1.82, 2.24) is 4.98 Å². The van der Waals surface area contributed by atoms with Crippen molar-refractivity contribution < 1.29 is 5.32 Å². The third-order valence-corrected chi connectivity index (χ3v) is 2.03. The smallest absolute Gasteiger partial charge is 0.0670 e. The van der Waals surface area contributed by atoms with E-state index in [1.807, 2.05) is 30.6 Å². The predicted molar refractivity (Wildman–Crippen MR) is 54.6 cm³/mol. The largest absolute Gasteiger partial charge is 0.452 e. The molecule has 0 bridgehead atoms. The molecule has 0 amide bonds. The number of H-pyrrole nitrogens is 1. The number of nitrogens with two attached hydrogens (primary N) is 1. The molecule has 2 aromatic rings. The molecule has 3 N–H and O–H groups in total. The fourth-order valence-electron chi connectivity index (χ4n) is 1.40. The summed E-state index contributed by atoms with van der Waals surface area (Å²) in [6.07, 6.45) is 5.99. The van der Waals surface area contributed by atoms with Crippen molar-refractivity contribution in [2.75, 3.05) is 0 Å². The Hall–Kier alpha value is -1.54. The Morgan fingerprint density at radius 3 is 3.00 bits per heavy atom. The minimum atomic E-state index is 1.17. The molecule has 0 aliphatic carbocycles. The van der Waals surface area contributed by atoms with E-state index in [2.05, 4.69) is 24.2 Å². The first kappa shape index (κ1) is 8.08. The van der Waals surface area contributed by atoms with Gasteiger partial charge in [0.1, 0.15) is 0 Å². The molecule has 0 aliphatic rings. The van der Waals surface area contributed by atoms with Crippen LogP contribution in [0.4, 0.5) is 0 Å². The number of aromatic amines is 1. The molecule has 13 heavy (non-hydrogen) atoms. The molecule has 0 spiro atoms. The highest BCUT2D eigenvalue weighted by atomic mass is 14.8. The normalized spacial score (nSPS) is 11.5. The fraction of sp³-hybridized carbons (Fsp3) is 0. The Morgan fingerprint density at radius 1 is 1.31 bits per heavy atom. The molecular formula is C11H12N2. The van der Waals surface area contributed by atoms with Crippen LogP contribution >= 0.6 is 0 Å². The van der Waals surface area contributed by atoms with Gasteiger partial charge in [-0.1, -0.05) is 18.2 Å². The number of fused-ring (bicyclic) bond motifs is 1. The lowest BCUT2D eigenvalue weighted by atomic mass is 10.2. The molecule has 0 aliphatic heterocycles. The van der Waals surface area contributed by atoms with E-state index in [1.54, 1.807) is 5.32 Å². The van der Waals surface area contributed by atoms with Crippen molar-refractivity contribution in [3.63, 3.8) is 0 Å². The summed E-state index contributed by atoms with van der Waals surface area (Å²) in [6, 6.07) is 8.25. The first-order valence-corrected chi connectivity index (χ1v) is 4.27. The lowest BCUT2D eigenvalue weighted by Gasteiger charge is -1.90. The second-order valence-electron chi connectivity index (χ2n) is 2.88. The number of nitrogens with one attached hydrogen (secondary N) is 1. The van der Waals surface area contributed by atoms with E-state index in [0.717, 1.165) is 0 Å². The molecule has 1 heterocycles. The molecule has 2 rings (SSSR count). The molecule has 0 radical (unpaired) electrons. The van der Waals surface area contributed by atoms with Gasteiger partial charge in [0.15, 0.2) is 0 Å². The van der Waals surface area contributed by atoms with Gasteiger partial charge in [0.05, 0.1) is 6.20 Å². The zero-order valence-electron chi connectivity index (χ0n) is 7.33. The van der Waals surface area contributed by atoms with E-state index in [9.17, 15) is 0 Å². The number of para-hydroxylation sites is 1. The molecule has 0 saturated carbocycles. The summed E-state index contributed by atoms with van der Waals surface area (Å²) >= 11 is 0. The van der Waals surface area contributed by atoms with Gasteiger partial charge in [0.2, 0.25) is 0 Å². The molecule has 1 aromatic carbocycles. The fourth-order valence-corrected chi connectivity index (χ4v) is 1.40. The number of aromatic nitrogens is 1. The van der Waals surface area contributed by atoms with Gasteiger partial charge in [-0.3, -0.25) is 0 Å². The van der Waals surface area contributed by atoms with E-state index >= 15 is 0 Å². The summed E-state index contributed by atoms with van der Waals surface area (Å²) in [5, 5.41) is 3.03. The number of hydrogen-bond donors (Lipinski definition) is 2. The standard InChI is InChI=1S/C11H12N2/c1-12-7-6-9-8-13-11-5-3-2-4-10(9)11/h2-8,13H,1,12H2. The second-order valence-corrected chi connectivity index (χ2v) is 2.88. The van der Waals surface area contributed by atoms with Gasteiger partial charge in [-0.15, -0.1) is 7.05 Å². The van der Waals surface area contributed by atoms with E-state index < -0.39 is 0 Å². The Kier molecular flexibility index (Phi) is 2.15. The molecule has 0 fully saturated rings. The number of hydrogen-bond acceptors (Lipinski definition) is 0. The third-order valence-electron chi connectivity index (χ3n) is 2.03. The number of rotatable bonds is 2. The summed E-state index contributed by atoms with van der Waals surface area (Å²) in [5.41, 5.74) is 2.38. The zero-order chi connectivity index (χ0) is 9.10. The van der Waals surface area contributed by atoms with Crippen LogP contribution in [-0.2, 0) is 0 Å². The van der Waals surface area contributed by atoms with Crippen LogP contribution in [0, 0.1) is 7.05 Å². The molecule has 0 saturated heterocycles. The van der Waals surface area contributed by atoms with E-state index in [4.69, 9.17) is 0 Å². The van der Waals surface area contributed by atoms with Crippen LogP contribution in [0.25, 0.3) is 17.0 Å². The van der Waals surface area contributed by atoms with Crippen molar-refractivity contribution in [2.24, 2.45) is 0 Å². The van der Waals surface area contributed by atoms with E-state index in [0.29, 0.717) is 0 Å². The predicted octanol–water partition coefficient (Wildman–Crippen LogP) is 1.49. The van der Waals surface area contributed by atoms with Crippen LogP contribution in [0.1, 0.15) is 5.56 Å². The monoisotopic (exact) mass is 172 g/mol. The average Bonchev–Trinajstić information content (AvgIpc) is 2.58. The average molecular weight is 172 g/mol. The maximum absolute atomic E-state index is 3.64. The molecule has 0 atom stereocenters. The Morgan fingerprint density at radius 2 is 2.15 bits per heavy atom. The SMILES string of the molecule is [CH2-][NH2+]C=Cc1c[nH]c2ccccc12. The van der Waals surface area contributed by atoms with Gasteiger partial charge >= 0.3 is 0 Å². The lowest BCUT2D eigenvalue weighted by Crippen LogP contribution is -2.69. The summed E-state index contributed by atoms with van der Waals surface area (Å²) in [5.74, 6) is 0. The Bertz CT molecular complexity index is 426. The van der Waals surface area contributed by atoms with Gasteiger partial charge in [-0.25, -0.2) is 0 Å². The molecule has 1 aromatic heterocycles. The Labute approximate surface area is 77.3 Å². The van der Waals surface area contributed by atoms with Crippen LogP contribution in [0.3, 0.4) is 0 Å². The zero-order valence-corrected chi connectivity index (χ0v) is 7.33. The van der Waals surface area contributed by atoms with Gasteiger partial charge in [0.25, 0.3) is 0 Å². The third kappa shape index (κ3) is 1.48. The highest BCUT2D eigenvalue weighted by molar-refractivity contribution is 5.88. The topological polar surface area (TPSA) is 32.4 Å². The van der Waals surface area contributed by atoms with Gasteiger partial charge in [-0.05, 0) is 12.1 Å². The molecule has 2 nitrogen and oxygen atoms in total. The lowest BCUT2D eigenvalue weighted by molar-refractivity contribution is -0.520. The van der Waals surface area contributed by atoms with Crippen LogP contribution in [0.15, 0.2) is 36.7 Å². The van der Waals surface area contributed by atoms with Crippen molar-refractivity contribution in [3.8, 4) is 0 Å². The summed E-state index contributed by atoms with van der Waals surface area (Å²) < 4.78 is 0. The quantitative estimate of drug-likeness (QED) is 0.643. The molecule has 0 unspecified atom stereocenters. The van der Waals surface area contributed by atoms with Crippen LogP contribution < -0.4 is 5.32 Å². The van der Waals surface area contributed by atoms with Crippen molar-refractivity contribution in [2.45, 2.75) is 0 Å². The van der Waals surface area contributed by atoms with Crippen molar-refractivity contribution in [1.29, 1.82) is 0 Å². The summed E-state index contributed by atoms with van der Waals surface area (Å²) in [4.78, 5) is 3.21. The van der Waals surface area contributed by atoms with E-state index in [1.165, 1.54) is 16.5 Å². The first-order valence-electron chi connectivity index (χ1n) is 4.27. The first-order chi connectivity index (χ1) is 6.42. The minimum Gasteiger partial charge on any atom is -0.452 e. The highest BCUT2D eigenvalue weighted by Crippen LogP contribution is 2.17. The van der Waals surface area contributed by atoms with Crippen molar-refractivity contribution >= 4 is 17.0 Å². The van der Waals surface area contributed by atoms with Gasteiger partial charge in [-0.2, -0.15) is 0 Å². The van der Waals surface area contributed by atoms with Gasteiger partial charge < -0.3 is 10.3 Å². The maximum atomic E-state index is 3.64. The van der Waals surface area contributed by atoms with Crippen LogP contribution in [0.2, 0.25) is 0 Å². The summed E-state index contributed by atoms with van der Waals surface area (Å²) in [7, 11) is 3.64. The van der Waals surface area contributed by atoms with Crippen molar-refractivity contribution in [3.05, 3.63) is 49.3 Å². The van der Waals surface area contributed by atoms with Crippen LogP contribution in [-0.4, -0.2) is 4.98 Å². The van der Waals surface area contributed by atoms with E-state index in [-0.39, 0.29) is 0 Å². The molecular weight excluding hydrogens is 160 g/mol.